The van der Waals surface area contributed by atoms with Crippen LogP contribution in [0.4, 0.5) is 0 Å². The molecular formula is C20H24N2O4S. The summed E-state index contributed by atoms with van der Waals surface area (Å²) < 4.78 is 31.5. The minimum absolute atomic E-state index is 0.0666. The molecule has 0 saturated carbocycles. The molecule has 1 amide bonds. The molecule has 1 aliphatic heterocycles. The number of morpholine rings is 1. The van der Waals surface area contributed by atoms with Crippen LogP contribution in [0.5, 0.6) is 0 Å². The van der Waals surface area contributed by atoms with Gasteiger partial charge in [0.2, 0.25) is 10.0 Å². The lowest BCUT2D eigenvalue weighted by molar-refractivity contribution is 0.0729. The van der Waals surface area contributed by atoms with E-state index in [2.05, 4.69) is 5.32 Å². The lowest BCUT2D eigenvalue weighted by atomic mass is 10.1. The van der Waals surface area contributed by atoms with Gasteiger partial charge in [-0.3, -0.25) is 4.79 Å². The van der Waals surface area contributed by atoms with Crippen molar-refractivity contribution in [3.63, 3.8) is 0 Å². The first-order valence-electron chi connectivity index (χ1n) is 9.01. The van der Waals surface area contributed by atoms with Crippen molar-refractivity contribution in [1.29, 1.82) is 0 Å². The molecule has 0 spiro atoms. The SMILES string of the molecule is O=C(NCCc1ccccc1)c1ccc(CS(=O)(=O)N2CCOCC2)cc1. The Bertz CT molecular complexity index is 845. The maximum atomic E-state index is 12.4. The van der Waals surface area contributed by atoms with E-state index in [-0.39, 0.29) is 11.7 Å². The van der Waals surface area contributed by atoms with Gasteiger partial charge >= 0.3 is 0 Å². The van der Waals surface area contributed by atoms with E-state index in [1.54, 1.807) is 24.3 Å². The van der Waals surface area contributed by atoms with Crippen LogP contribution in [0.1, 0.15) is 21.5 Å². The number of hydrogen-bond donors (Lipinski definition) is 1. The van der Waals surface area contributed by atoms with Crippen molar-refractivity contribution >= 4 is 15.9 Å². The molecule has 27 heavy (non-hydrogen) atoms. The zero-order chi connectivity index (χ0) is 19.1. The largest absolute Gasteiger partial charge is 0.379 e. The topological polar surface area (TPSA) is 75.7 Å². The Morgan fingerprint density at radius 3 is 2.30 bits per heavy atom. The number of amides is 1. The molecule has 2 aromatic carbocycles. The zero-order valence-corrected chi connectivity index (χ0v) is 16.0. The van der Waals surface area contributed by atoms with E-state index in [4.69, 9.17) is 4.74 Å². The molecule has 0 aliphatic carbocycles. The molecule has 0 aromatic heterocycles. The number of nitrogens with one attached hydrogen (secondary N) is 1. The fraction of sp³-hybridized carbons (Fsp3) is 0.350. The van der Waals surface area contributed by atoms with Crippen molar-refractivity contribution in [3.8, 4) is 0 Å². The molecule has 0 unspecified atom stereocenters. The van der Waals surface area contributed by atoms with Gasteiger partial charge in [-0.2, -0.15) is 4.31 Å². The van der Waals surface area contributed by atoms with Crippen LogP contribution in [0.2, 0.25) is 0 Å². The Morgan fingerprint density at radius 1 is 0.963 bits per heavy atom. The number of hydrogen-bond acceptors (Lipinski definition) is 4. The highest BCUT2D eigenvalue weighted by Gasteiger charge is 2.24. The highest BCUT2D eigenvalue weighted by Crippen LogP contribution is 2.14. The highest BCUT2D eigenvalue weighted by atomic mass is 32.2. The number of nitrogens with zero attached hydrogens (tertiary/aromatic N) is 1. The zero-order valence-electron chi connectivity index (χ0n) is 15.1. The van der Waals surface area contributed by atoms with Gasteiger partial charge in [0.1, 0.15) is 0 Å². The van der Waals surface area contributed by atoms with E-state index < -0.39 is 10.0 Å². The van der Waals surface area contributed by atoms with Crippen LogP contribution in [0.25, 0.3) is 0 Å². The summed E-state index contributed by atoms with van der Waals surface area (Å²) in [5, 5.41) is 2.89. The van der Waals surface area contributed by atoms with Gasteiger partial charge in [-0.1, -0.05) is 42.5 Å². The van der Waals surface area contributed by atoms with Crippen molar-refractivity contribution < 1.29 is 17.9 Å². The molecule has 1 fully saturated rings. The van der Waals surface area contributed by atoms with Crippen molar-refractivity contribution in [2.24, 2.45) is 0 Å². The number of benzene rings is 2. The molecule has 2 aromatic rings. The summed E-state index contributed by atoms with van der Waals surface area (Å²) in [5.41, 5.74) is 2.36. The Balaban J connectivity index is 1.52. The van der Waals surface area contributed by atoms with E-state index in [0.29, 0.717) is 44.0 Å². The van der Waals surface area contributed by atoms with Gasteiger partial charge < -0.3 is 10.1 Å². The van der Waals surface area contributed by atoms with Crippen LogP contribution in [-0.4, -0.2) is 51.5 Å². The first-order chi connectivity index (χ1) is 13.0. The van der Waals surface area contributed by atoms with Crippen LogP contribution in [0.3, 0.4) is 0 Å². The molecule has 1 heterocycles. The van der Waals surface area contributed by atoms with Gasteiger partial charge in [0, 0.05) is 25.2 Å². The van der Waals surface area contributed by atoms with E-state index in [1.165, 1.54) is 9.87 Å². The van der Waals surface area contributed by atoms with Crippen LogP contribution >= 0.6 is 0 Å². The molecule has 0 atom stereocenters. The minimum atomic E-state index is -3.36. The summed E-state index contributed by atoms with van der Waals surface area (Å²) in [6.07, 6.45) is 0.766. The Morgan fingerprint density at radius 2 is 1.63 bits per heavy atom. The van der Waals surface area contributed by atoms with Gasteiger partial charge in [0.15, 0.2) is 0 Å². The monoisotopic (exact) mass is 388 g/mol. The van der Waals surface area contributed by atoms with Gasteiger partial charge in [0.25, 0.3) is 5.91 Å². The maximum absolute atomic E-state index is 12.4. The second kappa shape index (κ2) is 9.12. The van der Waals surface area contributed by atoms with Crippen LogP contribution < -0.4 is 5.32 Å². The standard InChI is InChI=1S/C20H24N2O4S/c23-20(21-11-10-17-4-2-1-3-5-17)19-8-6-18(7-9-19)16-27(24,25)22-12-14-26-15-13-22/h1-9H,10-16H2,(H,21,23). The van der Waals surface area contributed by atoms with Gasteiger partial charge in [-0.25, -0.2) is 8.42 Å². The third-order valence-corrected chi connectivity index (χ3v) is 6.32. The second-order valence-corrected chi connectivity index (χ2v) is 8.42. The average molecular weight is 388 g/mol. The van der Waals surface area contributed by atoms with Crippen LogP contribution in [-0.2, 0) is 26.9 Å². The molecule has 3 rings (SSSR count). The van der Waals surface area contributed by atoms with E-state index in [1.807, 2.05) is 30.3 Å². The predicted molar refractivity (Wildman–Crippen MR) is 104 cm³/mol. The fourth-order valence-corrected chi connectivity index (χ4v) is 4.45. The van der Waals surface area contributed by atoms with E-state index in [0.717, 1.165) is 6.42 Å². The summed E-state index contributed by atoms with van der Waals surface area (Å²) in [7, 11) is -3.36. The van der Waals surface area contributed by atoms with Gasteiger partial charge in [0.05, 0.1) is 19.0 Å². The lowest BCUT2D eigenvalue weighted by Gasteiger charge is -2.26. The van der Waals surface area contributed by atoms with Crippen LogP contribution in [0, 0.1) is 0 Å². The summed E-state index contributed by atoms with van der Waals surface area (Å²) in [5.74, 6) is -0.225. The number of carbonyl (C=O) groups is 1. The minimum Gasteiger partial charge on any atom is -0.379 e. The number of ether oxygens (including phenoxy) is 1. The van der Waals surface area contributed by atoms with E-state index in [9.17, 15) is 13.2 Å². The summed E-state index contributed by atoms with van der Waals surface area (Å²) in [6, 6.07) is 16.7. The maximum Gasteiger partial charge on any atom is 0.251 e. The molecule has 1 N–H and O–H groups in total. The van der Waals surface area contributed by atoms with Gasteiger partial charge in [-0.05, 0) is 29.7 Å². The first kappa shape index (κ1) is 19.5. The van der Waals surface area contributed by atoms with Crippen LogP contribution in [0.15, 0.2) is 54.6 Å². The lowest BCUT2D eigenvalue weighted by Crippen LogP contribution is -2.41. The molecule has 0 bridgehead atoms. The van der Waals surface area contributed by atoms with Crippen molar-refractivity contribution in [3.05, 3.63) is 71.3 Å². The predicted octanol–water partition coefficient (Wildman–Crippen LogP) is 1.82. The number of carbonyl (C=O) groups excluding carboxylic acids is 1. The highest BCUT2D eigenvalue weighted by molar-refractivity contribution is 7.88. The Hall–Kier alpha value is -2.22. The number of rotatable bonds is 7. The fourth-order valence-electron chi connectivity index (χ4n) is 2.95. The van der Waals surface area contributed by atoms with Crippen molar-refractivity contribution in [2.75, 3.05) is 32.8 Å². The molecule has 144 valence electrons. The first-order valence-corrected chi connectivity index (χ1v) is 10.6. The smallest absolute Gasteiger partial charge is 0.251 e. The molecule has 6 nitrogen and oxygen atoms in total. The summed E-state index contributed by atoms with van der Waals surface area (Å²) >= 11 is 0. The van der Waals surface area contributed by atoms with Crippen molar-refractivity contribution in [2.45, 2.75) is 12.2 Å². The Labute approximate surface area is 160 Å². The third-order valence-electron chi connectivity index (χ3n) is 4.47. The normalized spacial score (nSPS) is 15.4. The molecule has 0 radical (unpaired) electrons. The molecule has 7 heteroatoms. The van der Waals surface area contributed by atoms with E-state index >= 15 is 0 Å². The average Bonchev–Trinajstić information content (AvgIpc) is 2.70. The quantitative estimate of drug-likeness (QED) is 0.785. The second-order valence-electron chi connectivity index (χ2n) is 6.46. The van der Waals surface area contributed by atoms with Gasteiger partial charge in [-0.15, -0.1) is 0 Å². The molecule has 1 aliphatic rings. The molecular weight excluding hydrogens is 364 g/mol. The Kier molecular flexibility index (Phi) is 6.60. The van der Waals surface area contributed by atoms with Crippen molar-refractivity contribution in [1.82, 2.24) is 9.62 Å². The summed E-state index contributed by atoms with van der Waals surface area (Å²) in [6.45, 7) is 2.20. The third kappa shape index (κ3) is 5.63. The molecule has 1 saturated heterocycles. The summed E-state index contributed by atoms with van der Waals surface area (Å²) in [4.78, 5) is 12.2. The number of sulfonamides is 1.